The lowest BCUT2D eigenvalue weighted by Crippen LogP contribution is -2.70. The number of nitrogens with one attached hydrogen (secondary N) is 1. The molecule has 3 aliphatic rings. The number of hydrogen-bond donors (Lipinski definition) is 3. The number of rotatable bonds is 31. The van der Waals surface area contributed by atoms with Gasteiger partial charge in [0, 0.05) is 44.2 Å². The van der Waals surface area contributed by atoms with Crippen molar-refractivity contribution in [2.75, 3.05) is 46.1 Å². The highest BCUT2D eigenvalue weighted by atomic mass is 16.7. The van der Waals surface area contributed by atoms with Gasteiger partial charge in [0.15, 0.2) is 0 Å². The molecule has 3 N–H and O–H groups in total. The highest BCUT2D eigenvalue weighted by Crippen LogP contribution is 2.62. The maximum Gasteiger partial charge on any atom is 0.412 e. The van der Waals surface area contributed by atoms with Crippen LogP contribution in [0.2, 0.25) is 0 Å². The van der Waals surface area contributed by atoms with Crippen LogP contribution in [0.4, 0.5) is 9.59 Å². The van der Waals surface area contributed by atoms with Gasteiger partial charge in [-0.05, 0) is 87.5 Å². The van der Waals surface area contributed by atoms with Gasteiger partial charge in [-0.25, -0.2) is 9.59 Å². The van der Waals surface area contributed by atoms with E-state index in [1.54, 1.807) is 23.1 Å². The third kappa shape index (κ3) is 14.1. The van der Waals surface area contributed by atoms with Crippen LogP contribution in [-0.2, 0) is 14.3 Å². The molecule has 0 bridgehead atoms. The lowest BCUT2D eigenvalue weighted by atomic mass is 9.55. The Morgan fingerprint density at radius 2 is 1.63 bits per heavy atom. The Morgan fingerprint density at radius 1 is 0.919 bits per heavy atom. The molecule has 1 heterocycles. The number of ether oxygens (including phenoxy) is 4. The van der Waals surface area contributed by atoms with Crippen molar-refractivity contribution in [3.63, 3.8) is 0 Å². The zero-order valence-electron chi connectivity index (χ0n) is 38.3. The molecule has 1 aromatic rings. The third-order valence-corrected chi connectivity index (χ3v) is 12.6. The van der Waals surface area contributed by atoms with Gasteiger partial charge in [-0.2, -0.15) is 0 Å². The Hall–Kier alpha value is -3.87. The number of fused-ring (bicyclic) bond motifs is 2. The summed E-state index contributed by atoms with van der Waals surface area (Å²) in [7, 11) is 0. The first kappa shape index (κ1) is 50.8. The fourth-order valence-corrected chi connectivity index (χ4v) is 9.73. The molecule has 62 heavy (non-hydrogen) atoms. The summed E-state index contributed by atoms with van der Waals surface area (Å²) in [6, 6.07) is 4.87. The van der Waals surface area contributed by atoms with Gasteiger partial charge in [-0.3, -0.25) is 4.90 Å². The molecular weight excluding hydrogens is 787 g/mol. The van der Waals surface area contributed by atoms with Crippen LogP contribution in [-0.4, -0.2) is 91.0 Å². The van der Waals surface area contributed by atoms with E-state index in [1.165, 1.54) is 44.9 Å². The van der Waals surface area contributed by atoms with Crippen LogP contribution < -0.4 is 14.8 Å². The molecule has 2 amide bonds. The number of aliphatic hydroxyl groups is 2. The molecule has 12 heteroatoms. The summed E-state index contributed by atoms with van der Waals surface area (Å²) in [6.45, 7) is 15.8. The highest BCUT2D eigenvalue weighted by Gasteiger charge is 2.65. The number of carbonyl (C=O) groups is 2. The predicted octanol–water partition coefficient (Wildman–Crippen LogP) is 10.8. The summed E-state index contributed by atoms with van der Waals surface area (Å²) in [4.78, 5) is 34.9. The molecule has 0 radical (unpaired) electrons. The van der Waals surface area contributed by atoms with Gasteiger partial charge < -0.3 is 39.3 Å². The van der Waals surface area contributed by atoms with Crippen LogP contribution in [0.5, 0.6) is 11.5 Å². The van der Waals surface area contributed by atoms with Crippen molar-refractivity contribution in [1.82, 2.24) is 10.2 Å². The topological polar surface area (TPSA) is 148 Å². The number of benzene rings is 1. The average molecular weight is 866 g/mol. The van der Waals surface area contributed by atoms with Gasteiger partial charge in [-0.1, -0.05) is 108 Å². The Bertz CT molecular complexity index is 1580. The maximum atomic E-state index is 14.1. The molecule has 6 unspecified atom stereocenters. The molecule has 12 nitrogen and oxygen atoms in total. The van der Waals surface area contributed by atoms with Crippen LogP contribution >= 0.6 is 0 Å². The largest absolute Gasteiger partial charge is 0.459 e. The number of aliphatic hydroxyl groups excluding tert-OH is 2. The van der Waals surface area contributed by atoms with E-state index in [-0.39, 0.29) is 50.6 Å². The average Bonchev–Trinajstić information content (AvgIpc) is 3.27. The molecule has 1 fully saturated rings. The first-order valence-corrected chi connectivity index (χ1v) is 24.0. The van der Waals surface area contributed by atoms with Crippen LogP contribution in [0.1, 0.15) is 154 Å². The molecule has 1 saturated carbocycles. The lowest BCUT2D eigenvalue weighted by molar-refractivity contribution is -0.255. The number of hydrogen-bond acceptors (Lipinski definition) is 10. The predicted molar refractivity (Wildman–Crippen MR) is 246 cm³/mol. The smallest absolute Gasteiger partial charge is 0.412 e. The quantitative estimate of drug-likeness (QED) is 0.0377. The summed E-state index contributed by atoms with van der Waals surface area (Å²) in [5.74, 6) is -1.000. The van der Waals surface area contributed by atoms with Crippen molar-refractivity contribution in [2.45, 2.75) is 161 Å². The minimum Gasteiger partial charge on any atom is -0.459 e. The Labute approximate surface area is 372 Å². The van der Waals surface area contributed by atoms with Gasteiger partial charge in [0.05, 0.1) is 24.8 Å². The monoisotopic (exact) mass is 866 g/mol. The standard InChI is InChI=1S/C50H79N3O9/c1-6-11-13-14-15-16-17-18-19-22-29-51-48(56)61-39-27-28-44-42(36-39)46-40(26-21-24-32-55)38(25-20-23-31-54)35-41-43(52-60-10-5)37-45(50(62-44,47(41)46)59-33-9-4)53(30-8-3)49(57)58-34-12-7-2/h7,9,27-28,35-36,38,40,45-47,54-55H,2,4,6,8,10-26,29-34,37H2,1,3,5H3,(H,51,56). The molecule has 348 valence electrons. The molecule has 0 aromatic heterocycles. The second-order valence-corrected chi connectivity index (χ2v) is 17.1. The van der Waals surface area contributed by atoms with E-state index in [0.29, 0.717) is 56.9 Å². The van der Waals surface area contributed by atoms with E-state index in [0.717, 1.165) is 61.8 Å². The molecule has 2 aliphatic carbocycles. The molecular formula is C50H79N3O9. The van der Waals surface area contributed by atoms with Crippen molar-refractivity contribution in [2.24, 2.45) is 22.9 Å². The minimum atomic E-state index is -1.39. The van der Waals surface area contributed by atoms with Crippen molar-refractivity contribution in [1.29, 1.82) is 0 Å². The zero-order valence-corrected chi connectivity index (χ0v) is 38.3. The fraction of sp³-hybridized carbons (Fsp3) is 0.700. The normalized spacial score (nSPS) is 23.0. The molecule has 4 rings (SSSR count). The molecule has 1 aliphatic heterocycles. The number of oxime groups is 1. The van der Waals surface area contributed by atoms with Crippen LogP contribution in [0.3, 0.4) is 0 Å². The Kier molecular flexibility index (Phi) is 23.0. The zero-order chi connectivity index (χ0) is 44.6. The van der Waals surface area contributed by atoms with Crippen molar-refractivity contribution < 1.29 is 43.6 Å². The van der Waals surface area contributed by atoms with Gasteiger partial charge in [0.25, 0.3) is 0 Å². The number of nitrogens with zero attached hydrogens (tertiary/aromatic N) is 2. The number of carbonyl (C=O) groups excluding carboxylic acids is 2. The SMILES string of the molecule is C=CCCOC(=O)N(CCC)C1CC(=NOCC)C2=CC(CCCCO)C(CCCCO)C3c4cc(OC(=O)NCCCCCCCCCCCC)ccc4OC1(OCC=C)C23. The Morgan fingerprint density at radius 3 is 2.29 bits per heavy atom. The lowest BCUT2D eigenvalue weighted by Gasteiger charge is -2.59. The van der Waals surface area contributed by atoms with Crippen molar-refractivity contribution >= 4 is 17.9 Å². The van der Waals surface area contributed by atoms with E-state index in [2.05, 4.69) is 31.5 Å². The third-order valence-electron chi connectivity index (χ3n) is 12.6. The van der Waals surface area contributed by atoms with E-state index < -0.39 is 29.9 Å². The van der Waals surface area contributed by atoms with Gasteiger partial charge in [0.1, 0.15) is 24.1 Å². The number of unbranched alkanes of at least 4 members (excludes halogenated alkanes) is 11. The number of allylic oxidation sites excluding steroid dienone is 1. The first-order valence-electron chi connectivity index (χ1n) is 24.0. The van der Waals surface area contributed by atoms with Gasteiger partial charge in [-0.15, -0.1) is 13.2 Å². The van der Waals surface area contributed by atoms with Crippen molar-refractivity contribution in [3.05, 3.63) is 60.7 Å². The second-order valence-electron chi connectivity index (χ2n) is 17.1. The summed E-state index contributed by atoms with van der Waals surface area (Å²) in [6.07, 6.45) is 23.0. The molecule has 0 saturated heterocycles. The first-order chi connectivity index (χ1) is 30.3. The van der Waals surface area contributed by atoms with E-state index in [9.17, 15) is 19.8 Å². The minimum absolute atomic E-state index is 0.0371. The van der Waals surface area contributed by atoms with Crippen LogP contribution in [0.25, 0.3) is 0 Å². The number of amides is 2. The summed E-state index contributed by atoms with van der Waals surface area (Å²) >= 11 is 0. The highest BCUT2D eigenvalue weighted by molar-refractivity contribution is 6.03. The van der Waals surface area contributed by atoms with E-state index in [1.807, 2.05) is 26.0 Å². The fourth-order valence-electron chi connectivity index (χ4n) is 9.73. The maximum absolute atomic E-state index is 14.1. The van der Waals surface area contributed by atoms with Crippen LogP contribution in [0.15, 0.2) is 60.3 Å². The summed E-state index contributed by atoms with van der Waals surface area (Å²) < 4.78 is 26.0. The van der Waals surface area contributed by atoms with E-state index >= 15 is 0 Å². The van der Waals surface area contributed by atoms with Gasteiger partial charge in [0.2, 0.25) is 5.79 Å². The summed E-state index contributed by atoms with van der Waals surface area (Å²) in [5.41, 5.74) is 2.54. The molecule has 0 spiro atoms. The molecule has 6 atom stereocenters. The van der Waals surface area contributed by atoms with Crippen LogP contribution in [0, 0.1) is 17.8 Å². The van der Waals surface area contributed by atoms with E-state index in [4.69, 9.17) is 28.9 Å². The van der Waals surface area contributed by atoms with Crippen molar-refractivity contribution in [3.8, 4) is 11.5 Å². The van der Waals surface area contributed by atoms with Gasteiger partial charge >= 0.3 is 12.2 Å². The second kappa shape index (κ2) is 28.0. The molecule has 1 aromatic carbocycles. The summed E-state index contributed by atoms with van der Waals surface area (Å²) in [5, 5.41) is 27.5. The Balaban J connectivity index is 1.75.